The fourth-order valence-electron chi connectivity index (χ4n) is 3.01. The van der Waals surface area contributed by atoms with E-state index in [2.05, 4.69) is 4.98 Å². The molecule has 0 radical (unpaired) electrons. The van der Waals surface area contributed by atoms with Gasteiger partial charge in [-0.3, -0.25) is 9.78 Å². The first-order valence-electron chi connectivity index (χ1n) is 7.34. The highest BCUT2D eigenvalue weighted by Gasteiger charge is 2.34. The summed E-state index contributed by atoms with van der Waals surface area (Å²) in [6.07, 6.45) is 5.31. The van der Waals surface area contributed by atoms with Crippen molar-refractivity contribution in [3.63, 3.8) is 0 Å². The van der Waals surface area contributed by atoms with Crippen LogP contribution in [0.25, 0.3) is 10.9 Å². The number of rotatable bonds is 3. The quantitative estimate of drug-likeness (QED) is 0.931. The van der Waals surface area contributed by atoms with Crippen LogP contribution in [0.15, 0.2) is 36.4 Å². The monoisotopic (exact) mass is 268 g/mol. The molecule has 0 amide bonds. The largest absolute Gasteiger partial charge is 0.319 e. The normalized spacial score (nSPS) is 18.1. The van der Waals surface area contributed by atoms with Gasteiger partial charge in [-0.1, -0.05) is 43.5 Å². The summed E-state index contributed by atoms with van der Waals surface area (Å²) in [6, 6.07) is 11.9. The molecule has 2 aromatic rings. The third kappa shape index (κ3) is 2.59. The number of carbonyl (C=O) groups excluding carboxylic acids is 1. The Bertz CT molecular complexity index is 630. The zero-order chi connectivity index (χ0) is 14.0. The Balaban J connectivity index is 1.80. The van der Waals surface area contributed by atoms with E-state index in [1.165, 1.54) is 6.42 Å². The number of nitrogens with zero attached hydrogens (tertiary/aromatic N) is 1. The molecule has 20 heavy (non-hydrogen) atoms. The Morgan fingerprint density at radius 2 is 1.85 bits per heavy atom. The molecule has 1 fully saturated rings. The average Bonchev–Trinajstić information content (AvgIpc) is 2.48. The van der Waals surface area contributed by atoms with Crippen molar-refractivity contribution in [3.05, 3.63) is 42.1 Å². The first kappa shape index (κ1) is 13.3. The Morgan fingerprint density at radius 1 is 1.10 bits per heavy atom. The van der Waals surface area contributed by atoms with Gasteiger partial charge in [-0.25, -0.2) is 0 Å². The van der Waals surface area contributed by atoms with Gasteiger partial charge in [-0.05, 0) is 25.0 Å². The molecule has 1 aromatic carbocycles. The smallest absolute Gasteiger partial charge is 0.158 e. The lowest BCUT2D eigenvalue weighted by Crippen LogP contribution is -2.50. The second kappa shape index (κ2) is 5.33. The van der Waals surface area contributed by atoms with E-state index >= 15 is 0 Å². The molecule has 1 saturated carbocycles. The number of fused-ring (bicyclic) bond motifs is 1. The van der Waals surface area contributed by atoms with E-state index in [-0.39, 0.29) is 5.78 Å². The number of nitrogens with two attached hydrogens (primary N) is 1. The standard InChI is InChI=1S/C17H20N2O/c18-17(10-4-1-5-11-17)16(20)12-14-9-8-13-6-2-3-7-15(13)19-14/h2-3,6-9H,1,4-5,10-12,18H2. The maximum Gasteiger partial charge on any atom is 0.158 e. The number of Topliss-reactive ketones (excluding diaryl/α,β-unsaturated/α-hetero) is 1. The zero-order valence-electron chi connectivity index (χ0n) is 11.6. The van der Waals surface area contributed by atoms with E-state index in [0.29, 0.717) is 6.42 Å². The number of hydrogen-bond donors (Lipinski definition) is 1. The molecule has 104 valence electrons. The summed E-state index contributed by atoms with van der Waals surface area (Å²) in [7, 11) is 0. The van der Waals surface area contributed by atoms with Crippen molar-refractivity contribution >= 4 is 16.7 Å². The lowest BCUT2D eigenvalue weighted by molar-refractivity contribution is -0.124. The molecule has 2 N–H and O–H groups in total. The Labute approximate surface area is 119 Å². The predicted octanol–water partition coefficient (Wildman–Crippen LogP) is 3.01. The predicted molar refractivity (Wildman–Crippen MR) is 80.5 cm³/mol. The summed E-state index contributed by atoms with van der Waals surface area (Å²) < 4.78 is 0. The van der Waals surface area contributed by atoms with E-state index in [0.717, 1.165) is 42.3 Å². The van der Waals surface area contributed by atoms with Crippen molar-refractivity contribution in [3.8, 4) is 0 Å². The van der Waals surface area contributed by atoms with Crippen LogP contribution in [0.4, 0.5) is 0 Å². The summed E-state index contributed by atoms with van der Waals surface area (Å²) >= 11 is 0. The van der Waals surface area contributed by atoms with Gasteiger partial charge in [-0.2, -0.15) is 0 Å². The van der Waals surface area contributed by atoms with Crippen molar-refractivity contribution in [1.82, 2.24) is 4.98 Å². The molecule has 3 heteroatoms. The number of pyridine rings is 1. The van der Waals surface area contributed by atoms with E-state index in [9.17, 15) is 4.79 Å². The maximum absolute atomic E-state index is 12.5. The van der Waals surface area contributed by atoms with Gasteiger partial charge in [0.25, 0.3) is 0 Å². The zero-order valence-corrected chi connectivity index (χ0v) is 11.6. The summed E-state index contributed by atoms with van der Waals surface area (Å²) in [5.41, 5.74) is 7.43. The molecule has 1 aliphatic rings. The summed E-state index contributed by atoms with van der Waals surface area (Å²) in [4.78, 5) is 17.0. The number of benzene rings is 1. The minimum Gasteiger partial charge on any atom is -0.319 e. The second-order valence-electron chi connectivity index (χ2n) is 5.81. The minimum absolute atomic E-state index is 0.139. The van der Waals surface area contributed by atoms with Gasteiger partial charge in [0, 0.05) is 11.1 Å². The van der Waals surface area contributed by atoms with E-state index in [4.69, 9.17) is 5.73 Å². The molecular formula is C17H20N2O. The molecule has 3 nitrogen and oxygen atoms in total. The van der Waals surface area contributed by atoms with Gasteiger partial charge in [0.1, 0.15) is 0 Å². The van der Waals surface area contributed by atoms with E-state index < -0.39 is 5.54 Å². The van der Waals surface area contributed by atoms with Crippen LogP contribution in [0.2, 0.25) is 0 Å². The highest BCUT2D eigenvalue weighted by Crippen LogP contribution is 2.27. The van der Waals surface area contributed by atoms with Crippen LogP contribution in [-0.4, -0.2) is 16.3 Å². The van der Waals surface area contributed by atoms with Crippen LogP contribution in [0.1, 0.15) is 37.8 Å². The van der Waals surface area contributed by atoms with Crippen LogP contribution in [0.5, 0.6) is 0 Å². The summed E-state index contributed by atoms with van der Waals surface area (Å²) in [5.74, 6) is 0.139. The van der Waals surface area contributed by atoms with E-state index in [1.54, 1.807) is 0 Å². The molecule has 0 aliphatic heterocycles. The van der Waals surface area contributed by atoms with Crippen molar-refractivity contribution in [2.45, 2.75) is 44.1 Å². The molecule has 1 aliphatic carbocycles. The van der Waals surface area contributed by atoms with Gasteiger partial charge in [0.2, 0.25) is 0 Å². The molecule has 3 rings (SSSR count). The van der Waals surface area contributed by atoms with Gasteiger partial charge < -0.3 is 5.73 Å². The molecule has 0 saturated heterocycles. The Hall–Kier alpha value is -1.74. The second-order valence-corrected chi connectivity index (χ2v) is 5.81. The van der Waals surface area contributed by atoms with Crippen LogP contribution in [0.3, 0.4) is 0 Å². The number of hydrogen-bond acceptors (Lipinski definition) is 3. The lowest BCUT2D eigenvalue weighted by atomic mass is 9.78. The lowest BCUT2D eigenvalue weighted by Gasteiger charge is -2.31. The fourth-order valence-corrected chi connectivity index (χ4v) is 3.01. The molecular weight excluding hydrogens is 248 g/mol. The van der Waals surface area contributed by atoms with Gasteiger partial charge in [-0.15, -0.1) is 0 Å². The Morgan fingerprint density at radius 3 is 2.65 bits per heavy atom. The topological polar surface area (TPSA) is 56.0 Å². The van der Waals surface area contributed by atoms with Crippen LogP contribution in [-0.2, 0) is 11.2 Å². The molecule has 0 atom stereocenters. The van der Waals surface area contributed by atoms with E-state index in [1.807, 2.05) is 36.4 Å². The number of para-hydroxylation sites is 1. The third-order valence-corrected chi connectivity index (χ3v) is 4.30. The molecule has 1 heterocycles. The van der Waals surface area contributed by atoms with Gasteiger partial charge >= 0.3 is 0 Å². The maximum atomic E-state index is 12.5. The molecule has 1 aromatic heterocycles. The minimum atomic E-state index is -0.619. The highest BCUT2D eigenvalue weighted by atomic mass is 16.1. The van der Waals surface area contributed by atoms with Crippen molar-refractivity contribution in [2.24, 2.45) is 5.73 Å². The van der Waals surface area contributed by atoms with Gasteiger partial charge in [0.05, 0.1) is 17.5 Å². The summed E-state index contributed by atoms with van der Waals surface area (Å²) in [6.45, 7) is 0. The first-order valence-corrected chi connectivity index (χ1v) is 7.34. The average molecular weight is 268 g/mol. The van der Waals surface area contributed by atoms with Crippen LogP contribution < -0.4 is 5.73 Å². The van der Waals surface area contributed by atoms with Crippen LogP contribution in [0, 0.1) is 0 Å². The van der Waals surface area contributed by atoms with Gasteiger partial charge in [0.15, 0.2) is 5.78 Å². The molecule has 0 bridgehead atoms. The molecule has 0 unspecified atom stereocenters. The van der Waals surface area contributed by atoms with Crippen molar-refractivity contribution in [1.29, 1.82) is 0 Å². The number of ketones is 1. The summed E-state index contributed by atoms with van der Waals surface area (Å²) in [5, 5.41) is 1.10. The first-order chi connectivity index (χ1) is 9.67. The third-order valence-electron chi connectivity index (χ3n) is 4.30. The van der Waals surface area contributed by atoms with Crippen molar-refractivity contribution in [2.75, 3.05) is 0 Å². The fraction of sp³-hybridized carbons (Fsp3) is 0.412. The Kier molecular flexibility index (Phi) is 3.53. The molecule has 0 spiro atoms. The number of carbonyl (C=O) groups is 1. The van der Waals surface area contributed by atoms with Crippen LogP contribution >= 0.6 is 0 Å². The van der Waals surface area contributed by atoms with Crippen molar-refractivity contribution < 1.29 is 4.79 Å². The number of aromatic nitrogens is 1. The highest BCUT2D eigenvalue weighted by molar-refractivity contribution is 5.90. The SMILES string of the molecule is NC1(C(=O)Cc2ccc3ccccc3n2)CCCCC1.